The maximum absolute atomic E-state index is 12.3. The molecule has 0 aliphatic carbocycles. The minimum absolute atomic E-state index is 0.266. The van der Waals surface area contributed by atoms with Crippen LogP contribution in [-0.4, -0.2) is 27.9 Å². The third kappa shape index (κ3) is 4.93. The minimum Gasteiger partial charge on any atom is -0.391 e. The molecule has 7 nitrogen and oxygen atoms in total. The summed E-state index contributed by atoms with van der Waals surface area (Å²) >= 11 is 11.7. The fourth-order valence-corrected chi connectivity index (χ4v) is 3.06. The monoisotopic (exact) mass is 430 g/mol. The molecule has 9 heteroatoms. The summed E-state index contributed by atoms with van der Waals surface area (Å²) in [7, 11) is 0. The first-order chi connectivity index (χ1) is 14.1. The van der Waals surface area contributed by atoms with Gasteiger partial charge in [-0.2, -0.15) is 4.98 Å². The maximum atomic E-state index is 12.3. The Labute approximate surface area is 176 Å². The number of rotatable bonds is 6. The quantitative estimate of drug-likeness (QED) is 0.636. The molecule has 1 amide bonds. The van der Waals surface area contributed by atoms with Crippen LogP contribution in [0.4, 0.5) is 0 Å². The van der Waals surface area contributed by atoms with E-state index in [9.17, 15) is 4.79 Å². The normalized spacial score (nSPS) is 15.7. The highest BCUT2D eigenvalue weighted by Gasteiger charge is 2.27. The SMILES string of the molecule is O=C(NCc1ccc(Cl)cc1)C1=NOC(Cc2noc(-c3ccc(Cl)cc3)n2)C1. The average molecular weight is 431 g/mol. The van der Waals surface area contributed by atoms with Gasteiger partial charge in [0, 0.05) is 28.6 Å². The lowest BCUT2D eigenvalue weighted by Crippen LogP contribution is -2.30. The molecule has 1 aliphatic rings. The predicted octanol–water partition coefficient (Wildman–Crippen LogP) is 4.05. The Bertz CT molecular complexity index is 1030. The molecule has 148 valence electrons. The van der Waals surface area contributed by atoms with E-state index in [0.29, 0.717) is 46.9 Å². The van der Waals surface area contributed by atoms with Gasteiger partial charge >= 0.3 is 0 Å². The van der Waals surface area contributed by atoms with Gasteiger partial charge in [0.25, 0.3) is 11.8 Å². The number of carbonyl (C=O) groups is 1. The lowest BCUT2D eigenvalue weighted by Gasteiger charge is -2.05. The van der Waals surface area contributed by atoms with Crippen molar-refractivity contribution in [3.05, 3.63) is 70.0 Å². The Morgan fingerprint density at radius 1 is 1.07 bits per heavy atom. The molecule has 0 saturated heterocycles. The first-order valence-electron chi connectivity index (χ1n) is 8.90. The van der Waals surface area contributed by atoms with Crippen LogP contribution in [0.25, 0.3) is 11.5 Å². The number of benzene rings is 2. The number of amides is 1. The van der Waals surface area contributed by atoms with Crippen molar-refractivity contribution in [1.82, 2.24) is 15.5 Å². The fourth-order valence-electron chi connectivity index (χ4n) is 2.81. The molecular weight excluding hydrogens is 415 g/mol. The number of oxime groups is 1. The van der Waals surface area contributed by atoms with E-state index in [1.165, 1.54) is 0 Å². The first kappa shape index (κ1) is 19.4. The third-order valence-corrected chi connectivity index (χ3v) is 4.83. The lowest BCUT2D eigenvalue weighted by molar-refractivity contribution is -0.115. The Morgan fingerprint density at radius 2 is 1.76 bits per heavy atom. The van der Waals surface area contributed by atoms with E-state index in [0.717, 1.165) is 11.1 Å². The van der Waals surface area contributed by atoms with E-state index in [2.05, 4.69) is 20.6 Å². The smallest absolute Gasteiger partial charge is 0.269 e. The fraction of sp³-hybridized carbons (Fsp3) is 0.200. The van der Waals surface area contributed by atoms with Gasteiger partial charge in [0.05, 0.1) is 6.42 Å². The summed E-state index contributed by atoms with van der Waals surface area (Å²) in [4.78, 5) is 22.0. The summed E-state index contributed by atoms with van der Waals surface area (Å²) in [5.74, 6) is 0.618. The van der Waals surface area contributed by atoms with E-state index >= 15 is 0 Å². The average Bonchev–Trinajstić information content (AvgIpc) is 3.38. The van der Waals surface area contributed by atoms with Crippen molar-refractivity contribution in [1.29, 1.82) is 0 Å². The van der Waals surface area contributed by atoms with Crippen LogP contribution >= 0.6 is 23.2 Å². The van der Waals surface area contributed by atoms with Gasteiger partial charge in [-0.05, 0) is 42.0 Å². The highest BCUT2D eigenvalue weighted by atomic mass is 35.5. The van der Waals surface area contributed by atoms with Crippen molar-refractivity contribution >= 4 is 34.8 Å². The van der Waals surface area contributed by atoms with Crippen LogP contribution in [0.15, 0.2) is 58.2 Å². The van der Waals surface area contributed by atoms with Crippen molar-refractivity contribution < 1.29 is 14.2 Å². The molecule has 4 rings (SSSR count). The number of aromatic nitrogens is 2. The second-order valence-corrected chi connectivity index (χ2v) is 7.38. The minimum atomic E-state index is -0.318. The molecule has 1 aromatic heterocycles. The standard InChI is InChI=1S/C20H16Cl2N4O3/c21-14-5-1-12(2-6-14)11-23-19(27)17-9-16(28-25-17)10-18-24-20(29-26-18)13-3-7-15(22)8-4-13/h1-8,16H,9-11H2,(H,23,27). The molecule has 0 radical (unpaired) electrons. The largest absolute Gasteiger partial charge is 0.391 e. The topological polar surface area (TPSA) is 89.6 Å². The second kappa shape index (κ2) is 8.63. The summed E-state index contributed by atoms with van der Waals surface area (Å²) < 4.78 is 5.29. The maximum Gasteiger partial charge on any atom is 0.269 e. The van der Waals surface area contributed by atoms with Gasteiger partial charge in [0.2, 0.25) is 0 Å². The van der Waals surface area contributed by atoms with Crippen LogP contribution in [0.5, 0.6) is 0 Å². The number of nitrogens with zero attached hydrogens (tertiary/aromatic N) is 3. The van der Waals surface area contributed by atoms with E-state index in [1.54, 1.807) is 36.4 Å². The van der Waals surface area contributed by atoms with Gasteiger partial charge in [-0.1, -0.05) is 45.6 Å². The summed E-state index contributed by atoms with van der Waals surface area (Å²) in [6.07, 6.45) is 0.438. The van der Waals surface area contributed by atoms with Gasteiger partial charge in [-0.3, -0.25) is 4.79 Å². The van der Waals surface area contributed by atoms with Crippen LogP contribution in [0, 0.1) is 0 Å². The Kier molecular flexibility index (Phi) is 5.78. The van der Waals surface area contributed by atoms with Crippen molar-refractivity contribution in [2.24, 2.45) is 5.16 Å². The number of halogens is 2. The summed E-state index contributed by atoms with van der Waals surface area (Å²) in [6, 6.07) is 14.4. The molecule has 2 heterocycles. The van der Waals surface area contributed by atoms with Crippen molar-refractivity contribution in [2.45, 2.75) is 25.5 Å². The Morgan fingerprint density at radius 3 is 2.48 bits per heavy atom. The van der Waals surface area contributed by atoms with E-state index < -0.39 is 0 Å². The van der Waals surface area contributed by atoms with E-state index in [-0.39, 0.29) is 12.0 Å². The zero-order valence-corrected chi connectivity index (χ0v) is 16.7. The van der Waals surface area contributed by atoms with Crippen LogP contribution in [0.2, 0.25) is 10.0 Å². The lowest BCUT2D eigenvalue weighted by atomic mass is 10.1. The number of carbonyl (C=O) groups excluding carboxylic acids is 1. The van der Waals surface area contributed by atoms with Gasteiger partial charge in [0.15, 0.2) is 5.82 Å². The Balaban J connectivity index is 1.29. The molecule has 1 atom stereocenters. The molecule has 2 aromatic carbocycles. The number of hydrogen-bond acceptors (Lipinski definition) is 6. The molecule has 3 aromatic rings. The first-order valence-corrected chi connectivity index (χ1v) is 9.66. The number of hydrogen-bond donors (Lipinski definition) is 1. The van der Waals surface area contributed by atoms with Gasteiger partial charge in [-0.25, -0.2) is 0 Å². The molecule has 0 saturated carbocycles. The Hall–Kier alpha value is -2.90. The molecule has 0 bridgehead atoms. The predicted molar refractivity (Wildman–Crippen MR) is 109 cm³/mol. The van der Waals surface area contributed by atoms with Crippen molar-refractivity contribution in [2.75, 3.05) is 0 Å². The van der Waals surface area contributed by atoms with Crippen molar-refractivity contribution in [3.63, 3.8) is 0 Å². The summed E-state index contributed by atoms with van der Waals surface area (Å²) in [5, 5.41) is 12.0. The molecule has 1 unspecified atom stereocenters. The molecule has 0 spiro atoms. The molecular formula is C20H16Cl2N4O3. The highest BCUT2D eigenvalue weighted by Crippen LogP contribution is 2.21. The summed E-state index contributed by atoms with van der Waals surface area (Å²) in [5.41, 5.74) is 2.06. The van der Waals surface area contributed by atoms with Crippen molar-refractivity contribution in [3.8, 4) is 11.5 Å². The molecule has 1 N–H and O–H groups in total. The zero-order chi connectivity index (χ0) is 20.2. The van der Waals surface area contributed by atoms with E-state index in [4.69, 9.17) is 32.6 Å². The molecule has 29 heavy (non-hydrogen) atoms. The molecule has 1 aliphatic heterocycles. The van der Waals surface area contributed by atoms with E-state index in [1.807, 2.05) is 12.1 Å². The van der Waals surface area contributed by atoms with Gasteiger partial charge in [-0.15, -0.1) is 0 Å². The van der Waals surface area contributed by atoms with Gasteiger partial charge < -0.3 is 14.7 Å². The third-order valence-electron chi connectivity index (χ3n) is 4.33. The van der Waals surface area contributed by atoms with Crippen LogP contribution in [-0.2, 0) is 22.6 Å². The van der Waals surface area contributed by atoms with Crippen LogP contribution in [0.1, 0.15) is 17.8 Å². The summed E-state index contributed by atoms with van der Waals surface area (Å²) in [6.45, 7) is 0.384. The second-order valence-electron chi connectivity index (χ2n) is 6.51. The number of nitrogens with one attached hydrogen (secondary N) is 1. The molecule has 0 fully saturated rings. The van der Waals surface area contributed by atoms with Crippen LogP contribution < -0.4 is 5.32 Å². The van der Waals surface area contributed by atoms with Gasteiger partial charge in [0.1, 0.15) is 11.8 Å². The highest BCUT2D eigenvalue weighted by molar-refractivity contribution is 6.39. The van der Waals surface area contributed by atoms with Crippen LogP contribution in [0.3, 0.4) is 0 Å². The zero-order valence-electron chi connectivity index (χ0n) is 15.1.